The van der Waals surface area contributed by atoms with Gasteiger partial charge in [0.15, 0.2) is 11.5 Å². The monoisotopic (exact) mass is 586 g/mol. The molecule has 3 aromatic rings. The van der Waals surface area contributed by atoms with Crippen LogP contribution in [-0.4, -0.2) is 49.7 Å². The molecule has 0 radical (unpaired) electrons. The van der Waals surface area contributed by atoms with Crippen molar-refractivity contribution in [2.24, 2.45) is 5.10 Å². The molecule has 0 unspecified atom stereocenters. The molecular formula is C32H34N4O7. The summed E-state index contributed by atoms with van der Waals surface area (Å²) in [5.74, 6) is -1.79. The van der Waals surface area contributed by atoms with Gasteiger partial charge in [0.25, 0.3) is 5.91 Å². The number of rotatable bonds is 10. The van der Waals surface area contributed by atoms with E-state index in [0.717, 1.165) is 32.1 Å². The van der Waals surface area contributed by atoms with E-state index < -0.39 is 17.8 Å². The zero-order chi connectivity index (χ0) is 30.6. The molecule has 3 amide bonds. The second kappa shape index (κ2) is 15.2. The van der Waals surface area contributed by atoms with Gasteiger partial charge in [0.1, 0.15) is 5.75 Å². The first-order valence-corrected chi connectivity index (χ1v) is 14.0. The number of esters is 1. The van der Waals surface area contributed by atoms with Crippen LogP contribution in [0.25, 0.3) is 0 Å². The van der Waals surface area contributed by atoms with Crippen molar-refractivity contribution in [1.29, 1.82) is 0 Å². The van der Waals surface area contributed by atoms with E-state index in [4.69, 9.17) is 14.2 Å². The number of carbonyl (C=O) groups is 4. The molecule has 224 valence electrons. The molecule has 3 aromatic carbocycles. The van der Waals surface area contributed by atoms with Crippen molar-refractivity contribution in [2.75, 3.05) is 19.0 Å². The molecule has 11 heteroatoms. The highest BCUT2D eigenvalue weighted by atomic mass is 16.6. The lowest BCUT2D eigenvalue weighted by Gasteiger charge is -2.23. The van der Waals surface area contributed by atoms with Crippen molar-refractivity contribution in [3.63, 3.8) is 0 Å². The largest absolute Gasteiger partial charge is 0.494 e. The maximum Gasteiger partial charge on any atom is 0.343 e. The molecule has 11 nitrogen and oxygen atoms in total. The molecule has 3 N–H and O–H groups in total. The summed E-state index contributed by atoms with van der Waals surface area (Å²) >= 11 is 0. The van der Waals surface area contributed by atoms with E-state index in [9.17, 15) is 19.2 Å². The van der Waals surface area contributed by atoms with Gasteiger partial charge in [0.05, 0.1) is 36.7 Å². The van der Waals surface area contributed by atoms with Crippen LogP contribution in [-0.2, 0) is 9.59 Å². The van der Waals surface area contributed by atoms with E-state index in [1.807, 2.05) is 6.92 Å². The van der Waals surface area contributed by atoms with Crippen molar-refractivity contribution < 1.29 is 33.4 Å². The molecule has 0 aliphatic heterocycles. The number of benzene rings is 3. The summed E-state index contributed by atoms with van der Waals surface area (Å²) in [7, 11) is 1.42. The first-order valence-electron chi connectivity index (χ1n) is 14.0. The van der Waals surface area contributed by atoms with Crippen LogP contribution >= 0.6 is 0 Å². The number of nitrogens with zero attached hydrogens (tertiary/aromatic N) is 1. The number of ether oxygens (including phenoxy) is 3. The van der Waals surface area contributed by atoms with Crippen LogP contribution in [0, 0.1) is 0 Å². The fraction of sp³-hybridized carbons (Fsp3) is 0.281. The van der Waals surface area contributed by atoms with Crippen LogP contribution < -0.4 is 30.3 Å². The van der Waals surface area contributed by atoms with Gasteiger partial charge < -0.3 is 24.8 Å². The van der Waals surface area contributed by atoms with Gasteiger partial charge in [0, 0.05) is 6.04 Å². The van der Waals surface area contributed by atoms with Gasteiger partial charge >= 0.3 is 17.8 Å². The zero-order valence-electron chi connectivity index (χ0n) is 24.1. The highest BCUT2D eigenvalue weighted by Gasteiger charge is 2.21. The highest BCUT2D eigenvalue weighted by molar-refractivity contribution is 6.40. The van der Waals surface area contributed by atoms with Crippen molar-refractivity contribution in [2.45, 2.75) is 45.1 Å². The van der Waals surface area contributed by atoms with Gasteiger partial charge in [-0.05, 0) is 79.9 Å². The minimum absolute atomic E-state index is 0.0978. The Morgan fingerprint density at radius 2 is 1.65 bits per heavy atom. The quantitative estimate of drug-likeness (QED) is 0.105. The molecule has 1 saturated carbocycles. The lowest BCUT2D eigenvalue weighted by molar-refractivity contribution is -0.136. The third kappa shape index (κ3) is 8.65. The van der Waals surface area contributed by atoms with E-state index >= 15 is 0 Å². The molecule has 0 saturated heterocycles. The normalized spacial score (nSPS) is 13.2. The van der Waals surface area contributed by atoms with E-state index in [-0.39, 0.29) is 34.7 Å². The van der Waals surface area contributed by atoms with Gasteiger partial charge in [0.2, 0.25) is 0 Å². The molecule has 0 atom stereocenters. The Morgan fingerprint density at radius 3 is 2.37 bits per heavy atom. The summed E-state index contributed by atoms with van der Waals surface area (Å²) in [6, 6.07) is 17.8. The maximum atomic E-state index is 12.8. The molecule has 1 fully saturated rings. The number of methoxy groups -OCH3 is 1. The molecular weight excluding hydrogens is 552 g/mol. The molecule has 43 heavy (non-hydrogen) atoms. The van der Waals surface area contributed by atoms with Crippen molar-refractivity contribution in [1.82, 2.24) is 10.7 Å². The Hall–Kier alpha value is -5.19. The summed E-state index contributed by atoms with van der Waals surface area (Å²) in [6.45, 7) is 2.39. The Kier molecular flexibility index (Phi) is 10.8. The van der Waals surface area contributed by atoms with Crippen LogP contribution in [0.4, 0.5) is 5.69 Å². The number of anilines is 1. The molecule has 0 bridgehead atoms. The van der Waals surface area contributed by atoms with Crippen LogP contribution in [0.1, 0.15) is 65.3 Å². The Morgan fingerprint density at radius 1 is 0.907 bits per heavy atom. The smallest absolute Gasteiger partial charge is 0.343 e. The summed E-state index contributed by atoms with van der Waals surface area (Å²) < 4.78 is 16.2. The number of hydrogen-bond donors (Lipinski definition) is 3. The number of carbonyl (C=O) groups excluding carboxylic acids is 4. The number of amides is 3. The Bertz CT molecular complexity index is 1480. The minimum Gasteiger partial charge on any atom is -0.494 e. The van der Waals surface area contributed by atoms with E-state index in [1.165, 1.54) is 19.4 Å². The van der Waals surface area contributed by atoms with Crippen LogP contribution in [0.2, 0.25) is 0 Å². The Labute approximate surface area is 249 Å². The van der Waals surface area contributed by atoms with Crippen LogP contribution in [0.15, 0.2) is 71.8 Å². The second-order valence-electron chi connectivity index (χ2n) is 9.76. The third-order valence-corrected chi connectivity index (χ3v) is 6.74. The fourth-order valence-corrected chi connectivity index (χ4v) is 4.56. The molecule has 0 heterocycles. The Balaban J connectivity index is 1.32. The van der Waals surface area contributed by atoms with Gasteiger partial charge in [-0.2, -0.15) is 5.10 Å². The summed E-state index contributed by atoms with van der Waals surface area (Å²) in [5, 5.41) is 9.33. The van der Waals surface area contributed by atoms with Crippen molar-refractivity contribution in [3.05, 3.63) is 83.4 Å². The summed E-state index contributed by atoms with van der Waals surface area (Å²) in [6.07, 6.45) is 6.44. The summed E-state index contributed by atoms with van der Waals surface area (Å²) in [5.41, 5.74) is 3.50. The standard InChI is InChI=1S/C32H34N4O7/c1-3-42-24-16-14-22(15-17-24)32(40)43-27-18-13-21(19-28(27)41-2)20-33-36-31(39)30(38)35-26-12-8-7-11-25(26)29(37)34-23-9-5-4-6-10-23/h7-8,11-20,23H,3-6,9-10H2,1-2H3,(H,34,37)(H,35,38)(H,36,39). The predicted octanol–water partition coefficient (Wildman–Crippen LogP) is 4.46. The van der Waals surface area contributed by atoms with Gasteiger partial charge in [-0.25, -0.2) is 10.2 Å². The van der Waals surface area contributed by atoms with E-state index in [1.54, 1.807) is 60.7 Å². The van der Waals surface area contributed by atoms with E-state index in [0.29, 0.717) is 23.5 Å². The van der Waals surface area contributed by atoms with Gasteiger partial charge in [-0.1, -0.05) is 31.4 Å². The number of hydrazone groups is 1. The third-order valence-electron chi connectivity index (χ3n) is 6.74. The SMILES string of the molecule is CCOc1ccc(C(=O)Oc2ccc(C=NNC(=O)C(=O)Nc3ccccc3C(=O)NC3CCCCC3)cc2OC)cc1. The predicted molar refractivity (Wildman–Crippen MR) is 161 cm³/mol. The molecule has 1 aliphatic carbocycles. The van der Waals surface area contributed by atoms with Crippen molar-refractivity contribution in [3.8, 4) is 17.2 Å². The van der Waals surface area contributed by atoms with E-state index in [2.05, 4.69) is 21.2 Å². The number of para-hydroxylation sites is 1. The molecule has 0 spiro atoms. The molecule has 4 rings (SSSR count). The van der Waals surface area contributed by atoms with Gasteiger partial charge in [-0.15, -0.1) is 0 Å². The van der Waals surface area contributed by atoms with Gasteiger partial charge in [-0.3, -0.25) is 14.4 Å². The average molecular weight is 587 g/mol. The van der Waals surface area contributed by atoms with Crippen LogP contribution in [0.5, 0.6) is 17.2 Å². The fourth-order valence-electron chi connectivity index (χ4n) is 4.56. The average Bonchev–Trinajstić information content (AvgIpc) is 3.02. The maximum absolute atomic E-state index is 12.8. The summed E-state index contributed by atoms with van der Waals surface area (Å²) in [4.78, 5) is 50.3. The molecule has 0 aromatic heterocycles. The highest BCUT2D eigenvalue weighted by Crippen LogP contribution is 2.28. The number of hydrogen-bond acceptors (Lipinski definition) is 8. The first-order chi connectivity index (χ1) is 20.9. The minimum atomic E-state index is -1.02. The first kappa shape index (κ1) is 30.8. The van der Waals surface area contributed by atoms with Crippen LogP contribution in [0.3, 0.4) is 0 Å². The lowest BCUT2D eigenvalue weighted by Crippen LogP contribution is -2.37. The lowest BCUT2D eigenvalue weighted by atomic mass is 9.95. The van der Waals surface area contributed by atoms with Crippen molar-refractivity contribution >= 4 is 35.6 Å². The second-order valence-corrected chi connectivity index (χ2v) is 9.76. The molecule has 1 aliphatic rings. The topological polar surface area (TPSA) is 144 Å². The zero-order valence-corrected chi connectivity index (χ0v) is 24.1. The number of nitrogens with one attached hydrogen (secondary N) is 3.